The van der Waals surface area contributed by atoms with Crippen LogP contribution < -0.4 is 9.47 Å². The Labute approximate surface area is 214 Å². The van der Waals surface area contributed by atoms with Gasteiger partial charge in [0.15, 0.2) is 0 Å². The average Bonchev–Trinajstić information content (AvgIpc) is 2.88. The maximum atomic E-state index is 10.5. The molecule has 0 radical (unpaired) electrons. The van der Waals surface area contributed by atoms with Gasteiger partial charge in [0.25, 0.3) is 11.4 Å². The predicted octanol–water partition coefficient (Wildman–Crippen LogP) is 4.76. The summed E-state index contributed by atoms with van der Waals surface area (Å²) >= 11 is 3.28. The van der Waals surface area contributed by atoms with Crippen molar-refractivity contribution in [1.82, 2.24) is 9.80 Å². The Morgan fingerprint density at radius 2 is 1.20 bits per heavy atom. The molecule has 1 aliphatic rings. The smallest absolute Gasteiger partial charge is 0.269 e. The lowest BCUT2D eigenvalue weighted by Crippen LogP contribution is -2.46. The van der Waals surface area contributed by atoms with E-state index in [9.17, 15) is 20.2 Å². The first-order valence-electron chi connectivity index (χ1n) is 11.7. The summed E-state index contributed by atoms with van der Waals surface area (Å²) in [5.41, 5.74) is 0.175. The SMILES string of the molecule is CCN1CCN(CCCOc2ccc([N+](=O)[O-])cc2)CC1.O=[N+]([O-])c1ccc(OCCCBr)cc1. The van der Waals surface area contributed by atoms with Crippen LogP contribution in [-0.4, -0.2) is 77.5 Å². The summed E-state index contributed by atoms with van der Waals surface area (Å²) < 4.78 is 10.9. The molecule has 0 spiro atoms. The number of hydrogen-bond donors (Lipinski definition) is 0. The highest BCUT2D eigenvalue weighted by molar-refractivity contribution is 9.09. The first-order chi connectivity index (χ1) is 16.9. The topological polar surface area (TPSA) is 111 Å². The number of likely N-dealkylation sites (N-methyl/N-ethyl adjacent to an activating group) is 1. The summed E-state index contributed by atoms with van der Waals surface area (Å²) in [5, 5.41) is 21.8. The van der Waals surface area contributed by atoms with Gasteiger partial charge in [0.05, 0.1) is 23.1 Å². The molecular formula is C24H33BrN4O6. The fourth-order valence-corrected chi connectivity index (χ4v) is 3.61. The first-order valence-corrected chi connectivity index (χ1v) is 12.8. The number of benzene rings is 2. The highest BCUT2D eigenvalue weighted by Crippen LogP contribution is 2.18. The van der Waals surface area contributed by atoms with Gasteiger partial charge < -0.3 is 19.3 Å². The van der Waals surface area contributed by atoms with Crippen LogP contribution in [0.15, 0.2) is 48.5 Å². The molecule has 0 amide bonds. The number of piperazine rings is 1. The molecule has 0 N–H and O–H groups in total. The van der Waals surface area contributed by atoms with Gasteiger partial charge in [0, 0.05) is 62.3 Å². The molecule has 0 aliphatic carbocycles. The third kappa shape index (κ3) is 11.0. The fraction of sp³-hybridized carbons (Fsp3) is 0.500. The van der Waals surface area contributed by atoms with Crippen LogP contribution in [0.4, 0.5) is 11.4 Å². The lowest BCUT2D eigenvalue weighted by atomic mass is 10.3. The van der Waals surface area contributed by atoms with Gasteiger partial charge in [-0.1, -0.05) is 22.9 Å². The van der Waals surface area contributed by atoms with Crippen molar-refractivity contribution < 1.29 is 19.3 Å². The number of halogens is 1. The second-order valence-electron chi connectivity index (χ2n) is 7.87. The van der Waals surface area contributed by atoms with Crippen molar-refractivity contribution in [2.24, 2.45) is 0 Å². The minimum atomic E-state index is -0.428. The third-order valence-electron chi connectivity index (χ3n) is 5.44. The molecule has 0 saturated carbocycles. The molecule has 3 rings (SSSR count). The van der Waals surface area contributed by atoms with Gasteiger partial charge in [-0.2, -0.15) is 0 Å². The summed E-state index contributed by atoms with van der Waals surface area (Å²) in [6.45, 7) is 10.2. The Balaban J connectivity index is 0.000000269. The zero-order valence-electron chi connectivity index (χ0n) is 20.0. The molecule has 10 nitrogen and oxygen atoms in total. The largest absolute Gasteiger partial charge is 0.494 e. The molecule has 0 unspecified atom stereocenters. The maximum Gasteiger partial charge on any atom is 0.269 e. The molecule has 1 heterocycles. The first kappa shape index (κ1) is 28.5. The molecule has 1 aliphatic heterocycles. The summed E-state index contributed by atoms with van der Waals surface area (Å²) in [6.07, 6.45) is 1.89. The predicted molar refractivity (Wildman–Crippen MR) is 139 cm³/mol. The molecule has 1 saturated heterocycles. The van der Waals surface area contributed by atoms with Crippen molar-refractivity contribution in [3.8, 4) is 11.5 Å². The zero-order chi connectivity index (χ0) is 25.5. The van der Waals surface area contributed by atoms with E-state index < -0.39 is 9.85 Å². The molecule has 0 aromatic heterocycles. The molecule has 192 valence electrons. The highest BCUT2D eigenvalue weighted by Gasteiger charge is 2.14. The molecule has 1 fully saturated rings. The van der Waals surface area contributed by atoms with Crippen molar-refractivity contribution in [1.29, 1.82) is 0 Å². The van der Waals surface area contributed by atoms with Crippen LogP contribution in [-0.2, 0) is 0 Å². The van der Waals surface area contributed by atoms with Gasteiger partial charge in [0.2, 0.25) is 0 Å². The molecule has 2 aromatic carbocycles. The van der Waals surface area contributed by atoms with Gasteiger partial charge >= 0.3 is 0 Å². The number of nitrogens with zero attached hydrogens (tertiary/aromatic N) is 4. The summed E-state index contributed by atoms with van der Waals surface area (Å²) in [7, 11) is 0. The van der Waals surface area contributed by atoms with E-state index in [1.807, 2.05) is 0 Å². The molecule has 0 atom stereocenters. The van der Waals surface area contributed by atoms with E-state index >= 15 is 0 Å². The van der Waals surface area contributed by atoms with Gasteiger partial charge in [-0.3, -0.25) is 20.2 Å². The van der Waals surface area contributed by atoms with Crippen molar-refractivity contribution >= 4 is 27.3 Å². The highest BCUT2D eigenvalue weighted by atomic mass is 79.9. The average molecular weight is 553 g/mol. The van der Waals surface area contributed by atoms with E-state index in [0.29, 0.717) is 24.7 Å². The molecule has 2 aromatic rings. The Hall–Kier alpha value is -2.76. The third-order valence-corrected chi connectivity index (χ3v) is 6.00. The van der Waals surface area contributed by atoms with E-state index in [1.165, 1.54) is 24.3 Å². The van der Waals surface area contributed by atoms with Crippen LogP contribution in [0.25, 0.3) is 0 Å². The Kier molecular flexibility index (Phi) is 13.0. The molecule has 0 bridgehead atoms. The number of non-ortho nitro benzene ring substituents is 2. The van der Waals surface area contributed by atoms with Crippen LogP contribution in [0.3, 0.4) is 0 Å². The number of rotatable bonds is 12. The van der Waals surface area contributed by atoms with E-state index in [1.54, 1.807) is 24.3 Å². The van der Waals surface area contributed by atoms with Crippen LogP contribution in [0, 0.1) is 20.2 Å². The molecular weight excluding hydrogens is 520 g/mol. The van der Waals surface area contributed by atoms with Crippen LogP contribution >= 0.6 is 15.9 Å². The van der Waals surface area contributed by atoms with Crippen LogP contribution in [0.5, 0.6) is 11.5 Å². The lowest BCUT2D eigenvalue weighted by molar-refractivity contribution is -0.385. The number of ether oxygens (including phenoxy) is 2. The van der Waals surface area contributed by atoms with Gasteiger partial charge in [-0.25, -0.2) is 0 Å². The summed E-state index contributed by atoms with van der Waals surface area (Å²) in [6, 6.07) is 12.3. The van der Waals surface area contributed by atoms with Crippen LogP contribution in [0.1, 0.15) is 19.8 Å². The number of hydrogen-bond acceptors (Lipinski definition) is 8. The van der Waals surface area contributed by atoms with Gasteiger partial charge in [0.1, 0.15) is 11.5 Å². The standard InChI is InChI=1S/C15H23N3O3.C9H10BrNO3/c1-2-16-9-11-17(12-10-16)8-3-13-21-15-6-4-14(5-7-15)18(19)20;10-6-1-7-14-9-4-2-8(3-5-9)11(12)13/h4-7H,2-3,8-13H2,1H3;2-5H,1,6-7H2. The second kappa shape index (κ2) is 16.0. The molecule has 35 heavy (non-hydrogen) atoms. The van der Waals surface area contributed by atoms with Crippen molar-refractivity contribution in [2.75, 3.05) is 57.8 Å². The normalized spacial score (nSPS) is 14.0. The minimum Gasteiger partial charge on any atom is -0.494 e. The Morgan fingerprint density at radius 3 is 1.60 bits per heavy atom. The second-order valence-corrected chi connectivity index (χ2v) is 8.66. The van der Waals surface area contributed by atoms with Crippen molar-refractivity contribution in [3.63, 3.8) is 0 Å². The Bertz CT molecular complexity index is 890. The van der Waals surface area contributed by atoms with Crippen molar-refractivity contribution in [3.05, 3.63) is 68.8 Å². The maximum absolute atomic E-state index is 10.5. The summed E-state index contributed by atoms with van der Waals surface area (Å²) in [5.74, 6) is 1.35. The van der Waals surface area contributed by atoms with Crippen LogP contribution in [0.2, 0.25) is 0 Å². The van der Waals surface area contributed by atoms with E-state index in [4.69, 9.17) is 9.47 Å². The quantitative estimate of drug-likeness (QED) is 0.160. The van der Waals surface area contributed by atoms with Crippen molar-refractivity contribution in [2.45, 2.75) is 19.8 Å². The number of nitro groups is 2. The number of nitro benzene ring substituents is 2. The van der Waals surface area contributed by atoms with Gasteiger partial charge in [-0.05, 0) is 43.7 Å². The van der Waals surface area contributed by atoms with E-state index in [2.05, 4.69) is 32.7 Å². The monoisotopic (exact) mass is 552 g/mol. The zero-order valence-corrected chi connectivity index (χ0v) is 21.6. The Morgan fingerprint density at radius 1 is 0.771 bits per heavy atom. The fourth-order valence-electron chi connectivity index (χ4n) is 3.38. The van der Waals surface area contributed by atoms with E-state index in [0.717, 1.165) is 57.4 Å². The summed E-state index contributed by atoms with van der Waals surface area (Å²) in [4.78, 5) is 25.0. The molecule has 11 heteroatoms. The minimum absolute atomic E-state index is 0.0813. The van der Waals surface area contributed by atoms with E-state index in [-0.39, 0.29) is 11.4 Å². The lowest BCUT2D eigenvalue weighted by Gasteiger charge is -2.33. The van der Waals surface area contributed by atoms with Gasteiger partial charge in [-0.15, -0.1) is 0 Å². The number of alkyl halides is 1.